The Morgan fingerprint density at radius 2 is 1.92 bits per heavy atom. The third-order valence-corrected chi connectivity index (χ3v) is 4.43. The van der Waals surface area contributed by atoms with Crippen LogP contribution in [0.25, 0.3) is 0 Å². The Hall–Kier alpha value is -0.530. The minimum atomic E-state index is 0. The highest BCUT2D eigenvalue weighted by atomic mass is 127. The number of nitrogens with one attached hydrogen (secondary N) is 3. The number of nitrogens with zero attached hydrogens (tertiary/aromatic N) is 1. The Balaban J connectivity index is 0.00000576. The average Bonchev–Trinajstić information content (AvgIpc) is 2.42. The van der Waals surface area contributed by atoms with E-state index in [0.717, 1.165) is 51.3 Å². The maximum atomic E-state index is 11.8. The van der Waals surface area contributed by atoms with Gasteiger partial charge >= 0.3 is 0 Å². The van der Waals surface area contributed by atoms with E-state index in [1.807, 2.05) is 0 Å². The molecule has 25 heavy (non-hydrogen) atoms. The van der Waals surface area contributed by atoms with Gasteiger partial charge in [0.15, 0.2) is 5.96 Å². The van der Waals surface area contributed by atoms with Crippen LogP contribution >= 0.6 is 24.0 Å². The van der Waals surface area contributed by atoms with E-state index in [2.05, 4.69) is 55.6 Å². The molecule has 1 atom stereocenters. The van der Waals surface area contributed by atoms with Gasteiger partial charge in [-0.25, -0.2) is 0 Å². The molecule has 1 amide bonds. The summed E-state index contributed by atoms with van der Waals surface area (Å²) in [6, 6.07) is 0.403. The summed E-state index contributed by atoms with van der Waals surface area (Å²) in [5, 5.41) is 9.80. The fourth-order valence-electron chi connectivity index (χ4n) is 2.57. The topological polar surface area (TPSA) is 65.5 Å². The number of aliphatic imine (C=N–C) groups is 1. The van der Waals surface area contributed by atoms with Crippen molar-refractivity contribution in [3.63, 3.8) is 0 Å². The molecular formula is C19H39IN4O. The summed E-state index contributed by atoms with van der Waals surface area (Å²) in [6.45, 7) is 13.4. The van der Waals surface area contributed by atoms with Gasteiger partial charge in [0.05, 0.1) is 0 Å². The van der Waals surface area contributed by atoms with E-state index >= 15 is 0 Å². The van der Waals surface area contributed by atoms with E-state index in [0.29, 0.717) is 11.5 Å². The number of amides is 1. The van der Waals surface area contributed by atoms with Gasteiger partial charge in [-0.05, 0) is 51.4 Å². The molecule has 0 bridgehead atoms. The average molecular weight is 466 g/mol. The van der Waals surface area contributed by atoms with Gasteiger partial charge in [0, 0.05) is 31.6 Å². The maximum absolute atomic E-state index is 11.8. The Kier molecular flexibility index (Phi) is 12.5. The van der Waals surface area contributed by atoms with Crippen molar-refractivity contribution in [1.29, 1.82) is 0 Å². The normalized spacial score (nSPS) is 16.4. The van der Waals surface area contributed by atoms with Crippen LogP contribution in [0.5, 0.6) is 0 Å². The van der Waals surface area contributed by atoms with Gasteiger partial charge in [0.2, 0.25) is 5.91 Å². The standard InChI is InChI=1S/C19H38N4O.HI/c1-6-20-18(23-15(2)11-12-19(3,4)5)22-14-8-13-21-17(24)16-9-7-10-16;/h15-16H,6-14H2,1-5H3,(H,21,24)(H2,20,22,23);1H. The van der Waals surface area contributed by atoms with Crippen molar-refractivity contribution in [3.05, 3.63) is 0 Å². The Morgan fingerprint density at radius 1 is 1.24 bits per heavy atom. The summed E-state index contributed by atoms with van der Waals surface area (Å²) >= 11 is 0. The number of halogens is 1. The number of guanidine groups is 1. The molecule has 1 rings (SSSR count). The van der Waals surface area contributed by atoms with E-state index < -0.39 is 0 Å². The molecule has 0 heterocycles. The van der Waals surface area contributed by atoms with Crippen LogP contribution in [0.3, 0.4) is 0 Å². The molecular weight excluding hydrogens is 427 g/mol. The third kappa shape index (κ3) is 11.7. The zero-order chi connectivity index (χ0) is 18.0. The molecule has 0 aromatic rings. The van der Waals surface area contributed by atoms with E-state index in [1.165, 1.54) is 12.8 Å². The fraction of sp³-hybridized carbons (Fsp3) is 0.895. The summed E-state index contributed by atoms with van der Waals surface area (Å²) in [5.41, 5.74) is 0.365. The lowest BCUT2D eigenvalue weighted by molar-refractivity contribution is -0.127. The van der Waals surface area contributed by atoms with Crippen molar-refractivity contribution in [1.82, 2.24) is 16.0 Å². The molecule has 0 aliphatic heterocycles. The van der Waals surface area contributed by atoms with Crippen LogP contribution in [-0.4, -0.2) is 37.5 Å². The molecule has 3 N–H and O–H groups in total. The van der Waals surface area contributed by atoms with E-state index in [9.17, 15) is 4.79 Å². The quantitative estimate of drug-likeness (QED) is 0.210. The van der Waals surface area contributed by atoms with Crippen LogP contribution in [0.15, 0.2) is 4.99 Å². The number of carbonyl (C=O) groups excluding carboxylic acids is 1. The molecule has 6 heteroatoms. The molecule has 5 nitrogen and oxygen atoms in total. The highest BCUT2D eigenvalue weighted by Gasteiger charge is 2.24. The first kappa shape index (κ1) is 24.5. The SMILES string of the molecule is CCNC(=NCCCNC(=O)C1CCC1)NC(C)CCC(C)(C)C.I. The predicted molar refractivity (Wildman–Crippen MR) is 118 cm³/mol. The van der Waals surface area contributed by atoms with Gasteiger partial charge in [-0.2, -0.15) is 0 Å². The van der Waals surface area contributed by atoms with Gasteiger partial charge in [-0.15, -0.1) is 24.0 Å². The lowest BCUT2D eigenvalue weighted by Gasteiger charge is -2.24. The third-order valence-electron chi connectivity index (χ3n) is 4.43. The van der Waals surface area contributed by atoms with Crippen LogP contribution in [0.2, 0.25) is 0 Å². The molecule has 0 radical (unpaired) electrons. The van der Waals surface area contributed by atoms with Crippen molar-refractivity contribution in [2.24, 2.45) is 16.3 Å². The molecule has 0 aromatic heterocycles. The van der Waals surface area contributed by atoms with Crippen molar-refractivity contribution >= 4 is 35.8 Å². The van der Waals surface area contributed by atoms with E-state index in [1.54, 1.807) is 0 Å². The van der Waals surface area contributed by atoms with Gasteiger partial charge in [-0.1, -0.05) is 27.2 Å². The molecule has 1 aliphatic carbocycles. The molecule has 148 valence electrons. The van der Waals surface area contributed by atoms with Gasteiger partial charge in [-0.3, -0.25) is 9.79 Å². The second-order valence-electron chi connectivity index (χ2n) is 8.18. The Labute approximate surface area is 171 Å². The number of hydrogen-bond donors (Lipinski definition) is 3. The first-order valence-corrected chi connectivity index (χ1v) is 9.64. The largest absolute Gasteiger partial charge is 0.357 e. The monoisotopic (exact) mass is 466 g/mol. The van der Waals surface area contributed by atoms with Crippen molar-refractivity contribution in [2.75, 3.05) is 19.6 Å². The van der Waals surface area contributed by atoms with E-state index in [4.69, 9.17) is 0 Å². The highest BCUT2D eigenvalue weighted by molar-refractivity contribution is 14.0. The molecule has 1 aliphatic rings. The number of hydrogen-bond acceptors (Lipinski definition) is 2. The molecule has 1 fully saturated rings. The first-order valence-electron chi connectivity index (χ1n) is 9.64. The smallest absolute Gasteiger partial charge is 0.223 e. The van der Waals surface area contributed by atoms with E-state index in [-0.39, 0.29) is 35.8 Å². The Bertz CT molecular complexity index is 403. The predicted octanol–water partition coefficient (Wildman–Crippen LogP) is 3.68. The lowest BCUT2D eigenvalue weighted by atomic mass is 9.85. The van der Waals surface area contributed by atoms with Crippen LogP contribution in [0.4, 0.5) is 0 Å². The Morgan fingerprint density at radius 3 is 2.44 bits per heavy atom. The second-order valence-corrected chi connectivity index (χ2v) is 8.18. The van der Waals surface area contributed by atoms with Gasteiger partial charge < -0.3 is 16.0 Å². The number of rotatable bonds is 9. The summed E-state index contributed by atoms with van der Waals surface area (Å²) in [6.07, 6.45) is 6.52. The number of carbonyl (C=O) groups is 1. The minimum Gasteiger partial charge on any atom is -0.357 e. The highest BCUT2D eigenvalue weighted by Crippen LogP contribution is 2.26. The molecule has 0 spiro atoms. The summed E-state index contributed by atoms with van der Waals surface area (Å²) in [5.74, 6) is 1.38. The second kappa shape index (κ2) is 12.8. The van der Waals surface area contributed by atoms with Crippen LogP contribution in [0.1, 0.15) is 73.1 Å². The van der Waals surface area contributed by atoms with Crippen LogP contribution < -0.4 is 16.0 Å². The maximum Gasteiger partial charge on any atom is 0.223 e. The molecule has 1 unspecified atom stereocenters. The van der Waals surface area contributed by atoms with Gasteiger partial charge in [0.1, 0.15) is 0 Å². The van der Waals surface area contributed by atoms with Crippen LogP contribution in [-0.2, 0) is 4.79 Å². The van der Waals surface area contributed by atoms with Crippen molar-refractivity contribution in [3.8, 4) is 0 Å². The summed E-state index contributed by atoms with van der Waals surface area (Å²) in [4.78, 5) is 16.4. The molecule has 0 saturated heterocycles. The first-order chi connectivity index (χ1) is 11.3. The molecule has 0 aromatic carbocycles. The fourth-order valence-corrected chi connectivity index (χ4v) is 2.57. The zero-order valence-electron chi connectivity index (χ0n) is 16.8. The molecule has 1 saturated carbocycles. The summed E-state index contributed by atoms with van der Waals surface area (Å²) < 4.78 is 0. The zero-order valence-corrected chi connectivity index (χ0v) is 19.1. The minimum absolute atomic E-state index is 0. The lowest BCUT2D eigenvalue weighted by Crippen LogP contribution is -2.42. The summed E-state index contributed by atoms with van der Waals surface area (Å²) in [7, 11) is 0. The van der Waals surface area contributed by atoms with Crippen LogP contribution in [0, 0.1) is 11.3 Å². The van der Waals surface area contributed by atoms with Crippen molar-refractivity contribution in [2.45, 2.75) is 79.2 Å². The van der Waals surface area contributed by atoms with Crippen molar-refractivity contribution < 1.29 is 4.79 Å². The van der Waals surface area contributed by atoms with Gasteiger partial charge in [0.25, 0.3) is 0 Å².